The predicted octanol–water partition coefficient (Wildman–Crippen LogP) is 4.15. The molecule has 5 rings (SSSR count). The van der Waals surface area contributed by atoms with E-state index in [1.165, 1.54) is 38.5 Å². The second-order valence-corrected chi connectivity index (χ2v) is 7.77. The van der Waals surface area contributed by atoms with Crippen LogP contribution in [0, 0.1) is 23.2 Å². The fourth-order valence-corrected chi connectivity index (χ4v) is 5.64. The van der Waals surface area contributed by atoms with Crippen LogP contribution in [0.25, 0.3) is 0 Å². The highest BCUT2D eigenvalue weighted by atomic mass is 35.5. The predicted molar refractivity (Wildman–Crippen MR) is 80.7 cm³/mol. The fourth-order valence-electron chi connectivity index (χ4n) is 5.48. The second kappa shape index (κ2) is 4.59. The molecule has 20 heavy (non-hydrogen) atoms. The molecule has 4 aliphatic carbocycles. The average molecular weight is 292 g/mol. The van der Waals surface area contributed by atoms with Crippen LogP contribution in [-0.4, -0.2) is 16.0 Å². The van der Waals surface area contributed by atoms with Crippen molar-refractivity contribution in [3.05, 3.63) is 17.5 Å². The van der Waals surface area contributed by atoms with Crippen LogP contribution in [0.15, 0.2) is 12.5 Å². The molecule has 0 amide bonds. The van der Waals surface area contributed by atoms with E-state index in [1.54, 1.807) is 12.5 Å². The molecular weight excluding hydrogens is 270 g/mol. The van der Waals surface area contributed by atoms with Crippen LogP contribution in [0.1, 0.15) is 45.4 Å². The third-order valence-corrected chi connectivity index (χ3v) is 6.30. The Hall–Kier alpha value is -0.830. The Morgan fingerprint density at radius 2 is 1.80 bits per heavy atom. The minimum atomic E-state index is 0.447. The summed E-state index contributed by atoms with van der Waals surface area (Å²) in [5.74, 6) is 3.73. The standard InChI is InChI=1S/C16H22ClN3/c1-10(20-15-14(17)8-18-9-19-15)16-5-11-2-12(6-16)4-13(3-11)7-16/h8-13H,2-7H2,1H3,(H,18,19,20). The van der Waals surface area contributed by atoms with Gasteiger partial charge in [-0.3, -0.25) is 0 Å². The first-order valence-corrected chi connectivity index (χ1v) is 8.24. The molecule has 0 spiro atoms. The van der Waals surface area contributed by atoms with Gasteiger partial charge in [0.15, 0.2) is 0 Å². The summed E-state index contributed by atoms with van der Waals surface area (Å²) < 4.78 is 0. The summed E-state index contributed by atoms with van der Waals surface area (Å²) >= 11 is 6.19. The number of halogens is 1. The van der Waals surface area contributed by atoms with Crippen molar-refractivity contribution < 1.29 is 0 Å². The van der Waals surface area contributed by atoms with E-state index in [0.717, 1.165) is 23.6 Å². The molecular formula is C16H22ClN3. The minimum Gasteiger partial charge on any atom is -0.366 e. The molecule has 4 bridgehead atoms. The molecule has 1 N–H and O–H groups in total. The van der Waals surface area contributed by atoms with E-state index in [9.17, 15) is 0 Å². The largest absolute Gasteiger partial charge is 0.366 e. The first-order chi connectivity index (χ1) is 9.64. The van der Waals surface area contributed by atoms with Crippen molar-refractivity contribution in [3.63, 3.8) is 0 Å². The molecule has 0 aromatic carbocycles. The van der Waals surface area contributed by atoms with Gasteiger partial charge in [0.05, 0.1) is 6.20 Å². The van der Waals surface area contributed by atoms with Crippen molar-refractivity contribution in [2.75, 3.05) is 5.32 Å². The van der Waals surface area contributed by atoms with E-state index in [1.807, 2.05) is 0 Å². The van der Waals surface area contributed by atoms with E-state index in [4.69, 9.17) is 11.6 Å². The van der Waals surface area contributed by atoms with Gasteiger partial charge in [0.1, 0.15) is 17.2 Å². The van der Waals surface area contributed by atoms with Crippen LogP contribution in [0.2, 0.25) is 5.02 Å². The molecule has 4 aliphatic rings. The van der Waals surface area contributed by atoms with Gasteiger partial charge in [-0.15, -0.1) is 0 Å². The molecule has 4 heteroatoms. The normalized spacial score (nSPS) is 39.8. The zero-order chi connectivity index (χ0) is 13.7. The Balaban J connectivity index is 1.56. The summed E-state index contributed by atoms with van der Waals surface area (Å²) in [6, 6.07) is 0.447. The summed E-state index contributed by atoms with van der Waals surface area (Å²) in [6.07, 6.45) is 11.9. The highest BCUT2D eigenvalue weighted by molar-refractivity contribution is 6.32. The van der Waals surface area contributed by atoms with Crippen LogP contribution in [0.3, 0.4) is 0 Å². The Bertz CT molecular complexity index is 481. The fraction of sp³-hybridized carbons (Fsp3) is 0.750. The van der Waals surface area contributed by atoms with Crippen LogP contribution >= 0.6 is 11.6 Å². The lowest BCUT2D eigenvalue weighted by Crippen LogP contribution is -2.53. The summed E-state index contributed by atoms with van der Waals surface area (Å²) in [7, 11) is 0. The first-order valence-electron chi connectivity index (χ1n) is 7.87. The zero-order valence-corrected chi connectivity index (χ0v) is 12.7. The topological polar surface area (TPSA) is 37.8 Å². The van der Waals surface area contributed by atoms with Gasteiger partial charge in [-0.05, 0) is 68.6 Å². The monoisotopic (exact) mass is 291 g/mol. The quantitative estimate of drug-likeness (QED) is 0.909. The number of nitrogens with zero attached hydrogens (tertiary/aromatic N) is 2. The molecule has 4 fully saturated rings. The molecule has 0 aliphatic heterocycles. The molecule has 0 radical (unpaired) electrons. The number of nitrogens with one attached hydrogen (secondary N) is 1. The summed E-state index contributed by atoms with van der Waals surface area (Å²) in [6.45, 7) is 2.32. The molecule has 1 aromatic rings. The highest BCUT2D eigenvalue weighted by Gasteiger charge is 2.53. The third kappa shape index (κ3) is 2.02. The van der Waals surface area contributed by atoms with E-state index in [0.29, 0.717) is 16.5 Å². The molecule has 1 heterocycles. The van der Waals surface area contributed by atoms with E-state index in [-0.39, 0.29) is 0 Å². The first kappa shape index (κ1) is 12.9. The van der Waals surface area contributed by atoms with Gasteiger partial charge in [-0.2, -0.15) is 0 Å². The Morgan fingerprint density at radius 1 is 1.20 bits per heavy atom. The highest BCUT2D eigenvalue weighted by Crippen LogP contribution is 2.61. The summed E-state index contributed by atoms with van der Waals surface area (Å²) in [5.41, 5.74) is 0.475. The van der Waals surface area contributed by atoms with Crippen molar-refractivity contribution in [3.8, 4) is 0 Å². The smallest absolute Gasteiger partial charge is 0.148 e. The summed E-state index contributed by atoms with van der Waals surface area (Å²) in [4.78, 5) is 8.25. The van der Waals surface area contributed by atoms with E-state index in [2.05, 4.69) is 22.2 Å². The van der Waals surface area contributed by atoms with Crippen molar-refractivity contribution >= 4 is 17.4 Å². The van der Waals surface area contributed by atoms with Crippen LogP contribution < -0.4 is 5.32 Å². The van der Waals surface area contributed by atoms with E-state index < -0.39 is 0 Å². The van der Waals surface area contributed by atoms with Gasteiger partial charge < -0.3 is 5.32 Å². The van der Waals surface area contributed by atoms with Crippen molar-refractivity contribution in [2.24, 2.45) is 23.2 Å². The number of rotatable bonds is 3. The molecule has 0 saturated heterocycles. The Morgan fingerprint density at radius 3 is 2.35 bits per heavy atom. The van der Waals surface area contributed by atoms with Crippen LogP contribution in [-0.2, 0) is 0 Å². The molecule has 1 aromatic heterocycles. The maximum atomic E-state index is 6.19. The van der Waals surface area contributed by atoms with Gasteiger partial charge in [0.2, 0.25) is 0 Å². The Kier molecular flexibility index (Phi) is 2.95. The number of anilines is 1. The number of hydrogen-bond donors (Lipinski definition) is 1. The molecule has 3 nitrogen and oxygen atoms in total. The molecule has 108 valence electrons. The van der Waals surface area contributed by atoms with E-state index >= 15 is 0 Å². The SMILES string of the molecule is CC(Nc1ncncc1Cl)C12CC3CC(CC(C3)C1)C2. The third-order valence-electron chi connectivity index (χ3n) is 6.02. The number of hydrogen-bond acceptors (Lipinski definition) is 3. The lowest BCUT2D eigenvalue weighted by molar-refractivity contribution is -0.0603. The zero-order valence-electron chi connectivity index (χ0n) is 12.0. The lowest BCUT2D eigenvalue weighted by Gasteiger charge is -2.59. The van der Waals surface area contributed by atoms with Crippen molar-refractivity contribution in [1.82, 2.24) is 9.97 Å². The van der Waals surface area contributed by atoms with Gasteiger partial charge in [-0.25, -0.2) is 9.97 Å². The molecule has 1 atom stereocenters. The second-order valence-electron chi connectivity index (χ2n) is 7.37. The van der Waals surface area contributed by atoms with Gasteiger partial charge in [0.25, 0.3) is 0 Å². The van der Waals surface area contributed by atoms with Crippen LogP contribution in [0.5, 0.6) is 0 Å². The van der Waals surface area contributed by atoms with Crippen LogP contribution in [0.4, 0.5) is 5.82 Å². The maximum Gasteiger partial charge on any atom is 0.148 e. The molecule has 1 unspecified atom stereocenters. The molecule has 4 saturated carbocycles. The maximum absolute atomic E-state index is 6.19. The van der Waals surface area contributed by atoms with Crippen molar-refractivity contribution in [2.45, 2.75) is 51.5 Å². The average Bonchev–Trinajstić information content (AvgIpc) is 2.40. The summed E-state index contributed by atoms with van der Waals surface area (Å²) in [5, 5.41) is 4.21. The van der Waals surface area contributed by atoms with Gasteiger partial charge in [-0.1, -0.05) is 11.6 Å². The lowest BCUT2D eigenvalue weighted by atomic mass is 9.48. The Labute approximate surface area is 125 Å². The number of aromatic nitrogens is 2. The van der Waals surface area contributed by atoms with Gasteiger partial charge >= 0.3 is 0 Å². The van der Waals surface area contributed by atoms with Gasteiger partial charge in [0, 0.05) is 6.04 Å². The van der Waals surface area contributed by atoms with Crippen molar-refractivity contribution in [1.29, 1.82) is 0 Å². The minimum absolute atomic E-state index is 0.447.